The maximum absolute atomic E-state index is 13.2. The second-order valence-corrected chi connectivity index (χ2v) is 8.34. The van der Waals surface area contributed by atoms with Crippen LogP contribution in [0.3, 0.4) is 0 Å². The molecule has 154 valence electrons. The minimum atomic E-state index is -0.235. The van der Waals surface area contributed by atoms with Crippen LogP contribution in [0.2, 0.25) is 0 Å². The molecule has 0 spiro atoms. The molecule has 0 radical (unpaired) electrons. The van der Waals surface area contributed by atoms with Gasteiger partial charge in [-0.15, -0.1) is 10.2 Å². The van der Waals surface area contributed by atoms with Crippen LogP contribution in [0.5, 0.6) is 0 Å². The first-order valence-electron chi connectivity index (χ1n) is 10.4. The number of carbonyl (C=O) groups is 1. The first kappa shape index (κ1) is 19.6. The number of carbonyl (C=O) groups excluding carboxylic acids is 1. The third kappa shape index (κ3) is 4.19. The molecule has 1 aliphatic heterocycles. The number of rotatable bonds is 7. The van der Waals surface area contributed by atoms with Crippen molar-refractivity contribution in [3.05, 3.63) is 54.7 Å². The fraction of sp³-hybridized carbons (Fsp3) is 0.500. The quantitative estimate of drug-likeness (QED) is 0.666. The van der Waals surface area contributed by atoms with Gasteiger partial charge in [-0.3, -0.25) is 9.20 Å². The van der Waals surface area contributed by atoms with E-state index in [0.717, 1.165) is 30.7 Å². The summed E-state index contributed by atoms with van der Waals surface area (Å²) in [7, 11) is 0. The minimum absolute atomic E-state index is 0.0407. The lowest BCUT2D eigenvalue weighted by molar-refractivity contribution is -0.125. The van der Waals surface area contributed by atoms with Gasteiger partial charge < -0.3 is 14.6 Å². The largest absolute Gasteiger partial charge is 0.381 e. The highest BCUT2D eigenvalue weighted by molar-refractivity contribution is 5.77. The molecule has 1 saturated heterocycles. The van der Waals surface area contributed by atoms with Gasteiger partial charge in [-0.25, -0.2) is 0 Å². The van der Waals surface area contributed by atoms with Crippen molar-refractivity contribution in [1.29, 1.82) is 0 Å². The topological polar surface area (TPSA) is 73.5 Å². The van der Waals surface area contributed by atoms with Crippen molar-refractivity contribution in [3.63, 3.8) is 0 Å². The molecule has 0 aromatic carbocycles. The van der Waals surface area contributed by atoms with Crippen LogP contribution in [-0.2, 0) is 15.1 Å². The maximum atomic E-state index is 13.2. The Hall–Kier alpha value is -2.67. The van der Waals surface area contributed by atoms with Crippen LogP contribution in [0, 0.1) is 5.92 Å². The van der Waals surface area contributed by atoms with Crippen molar-refractivity contribution >= 4 is 11.6 Å². The Balaban J connectivity index is 1.56. The number of nitrogens with one attached hydrogen (secondary N) is 1. The van der Waals surface area contributed by atoms with Gasteiger partial charge in [0.1, 0.15) is 0 Å². The summed E-state index contributed by atoms with van der Waals surface area (Å²) in [5, 5.41) is 11.9. The Kier molecular flexibility index (Phi) is 5.67. The monoisotopic (exact) mass is 395 g/mol. The van der Waals surface area contributed by atoms with Crippen LogP contribution >= 0.6 is 0 Å². The molecule has 0 aliphatic carbocycles. The zero-order chi connectivity index (χ0) is 20.3. The van der Waals surface area contributed by atoms with Crippen LogP contribution in [0.4, 0.5) is 0 Å². The average molecular weight is 396 g/mol. The maximum Gasteiger partial charge on any atom is 0.222 e. The van der Waals surface area contributed by atoms with Gasteiger partial charge in [0.05, 0.1) is 18.0 Å². The fourth-order valence-electron chi connectivity index (χ4n) is 4.27. The molecule has 7 nitrogen and oxygen atoms in total. The van der Waals surface area contributed by atoms with Gasteiger partial charge >= 0.3 is 0 Å². The van der Waals surface area contributed by atoms with Crippen molar-refractivity contribution in [3.8, 4) is 0 Å². The van der Waals surface area contributed by atoms with E-state index in [1.165, 1.54) is 0 Å². The smallest absolute Gasteiger partial charge is 0.222 e. The van der Waals surface area contributed by atoms with Crippen LogP contribution in [-0.4, -0.2) is 38.3 Å². The first-order chi connectivity index (χ1) is 14.1. The number of hydrogen-bond donors (Lipinski definition) is 1. The van der Waals surface area contributed by atoms with Crippen LogP contribution in [0.25, 0.3) is 5.65 Å². The lowest BCUT2D eigenvalue weighted by Gasteiger charge is -2.38. The highest BCUT2D eigenvalue weighted by Crippen LogP contribution is 2.33. The SMILES string of the molecule is CC(C)CC(NC(=O)CC1(n2cccc2)CCOCC1)c1nnc2ccccn12. The van der Waals surface area contributed by atoms with Crippen molar-refractivity contribution in [2.45, 2.75) is 51.1 Å². The summed E-state index contributed by atoms with van der Waals surface area (Å²) in [5.41, 5.74) is 0.556. The second-order valence-electron chi connectivity index (χ2n) is 8.34. The van der Waals surface area contributed by atoms with Crippen LogP contribution < -0.4 is 5.32 Å². The van der Waals surface area contributed by atoms with Gasteiger partial charge in [-0.05, 0) is 49.4 Å². The van der Waals surface area contributed by atoms with Gasteiger partial charge in [0, 0.05) is 31.8 Å². The summed E-state index contributed by atoms with van der Waals surface area (Å²) in [6.45, 7) is 5.66. The zero-order valence-corrected chi connectivity index (χ0v) is 17.1. The summed E-state index contributed by atoms with van der Waals surface area (Å²) >= 11 is 0. The highest BCUT2D eigenvalue weighted by Gasteiger charge is 2.37. The number of amides is 1. The third-order valence-electron chi connectivity index (χ3n) is 5.76. The molecule has 3 aromatic rings. The predicted molar refractivity (Wildman–Crippen MR) is 110 cm³/mol. The van der Waals surface area contributed by atoms with E-state index in [1.54, 1.807) is 0 Å². The predicted octanol–water partition coefficient (Wildman–Crippen LogP) is 3.33. The standard InChI is InChI=1S/C22H29N5O2/c1-17(2)15-18(21-25-24-19-7-3-4-12-27(19)21)23-20(28)16-22(8-13-29-14-9-22)26-10-5-6-11-26/h3-7,10-12,17-18H,8-9,13-16H2,1-2H3,(H,23,28). The van der Waals surface area contributed by atoms with Crippen molar-refractivity contribution in [2.24, 2.45) is 5.92 Å². The van der Waals surface area contributed by atoms with E-state index in [9.17, 15) is 4.79 Å². The Morgan fingerprint density at radius 1 is 1.14 bits per heavy atom. The molecular weight excluding hydrogens is 366 g/mol. The van der Waals surface area contributed by atoms with Gasteiger partial charge in [0.2, 0.25) is 5.91 Å². The number of ether oxygens (including phenoxy) is 1. The van der Waals surface area contributed by atoms with Crippen LogP contribution in [0.1, 0.15) is 51.4 Å². The molecule has 4 heterocycles. The Morgan fingerprint density at radius 2 is 1.86 bits per heavy atom. The molecule has 29 heavy (non-hydrogen) atoms. The summed E-state index contributed by atoms with van der Waals surface area (Å²) in [6, 6.07) is 9.67. The number of pyridine rings is 1. The Labute approximate surface area is 171 Å². The molecule has 1 N–H and O–H groups in total. The molecule has 1 unspecified atom stereocenters. The molecule has 7 heteroatoms. The highest BCUT2D eigenvalue weighted by atomic mass is 16.5. The Bertz CT molecular complexity index is 941. The second kappa shape index (κ2) is 8.37. The molecule has 0 saturated carbocycles. The third-order valence-corrected chi connectivity index (χ3v) is 5.76. The number of nitrogens with zero attached hydrogens (tertiary/aromatic N) is 4. The first-order valence-corrected chi connectivity index (χ1v) is 10.4. The van der Waals surface area contributed by atoms with E-state index in [0.29, 0.717) is 25.6 Å². The molecule has 3 aromatic heterocycles. The molecule has 1 aliphatic rings. The van der Waals surface area contributed by atoms with Crippen molar-refractivity contribution in [2.75, 3.05) is 13.2 Å². The summed E-state index contributed by atoms with van der Waals surface area (Å²) < 4.78 is 9.72. The lowest BCUT2D eigenvalue weighted by atomic mass is 9.85. The van der Waals surface area contributed by atoms with E-state index in [2.05, 4.69) is 46.3 Å². The lowest BCUT2D eigenvalue weighted by Crippen LogP contribution is -2.44. The van der Waals surface area contributed by atoms with E-state index >= 15 is 0 Å². The number of aromatic nitrogens is 4. The Morgan fingerprint density at radius 3 is 2.59 bits per heavy atom. The van der Waals surface area contributed by atoms with Crippen LogP contribution in [0.15, 0.2) is 48.9 Å². The molecular formula is C22H29N5O2. The summed E-state index contributed by atoms with van der Waals surface area (Å²) in [5.74, 6) is 1.24. The summed E-state index contributed by atoms with van der Waals surface area (Å²) in [4.78, 5) is 13.2. The molecule has 1 amide bonds. The summed E-state index contributed by atoms with van der Waals surface area (Å²) in [6.07, 6.45) is 8.95. The number of hydrogen-bond acceptors (Lipinski definition) is 4. The zero-order valence-electron chi connectivity index (χ0n) is 17.1. The fourth-order valence-corrected chi connectivity index (χ4v) is 4.27. The van der Waals surface area contributed by atoms with Gasteiger partial charge in [0.15, 0.2) is 11.5 Å². The van der Waals surface area contributed by atoms with E-state index < -0.39 is 0 Å². The van der Waals surface area contributed by atoms with Gasteiger partial charge in [-0.1, -0.05) is 19.9 Å². The van der Waals surface area contributed by atoms with E-state index in [-0.39, 0.29) is 17.5 Å². The van der Waals surface area contributed by atoms with Crippen molar-refractivity contribution < 1.29 is 9.53 Å². The van der Waals surface area contributed by atoms with Gasteiger partial charge in [-0.2, -0.15) is 0 Å². The van der Waals surface area contributed by atoms with E-state index in [1.807, 2.05) is 40.9 Å². The van der Waals surface area contributed by atoms with Crippen molar-refractivity contribution in [1.82, 2.24) is 24.5 Å². The number of fused-ring (bicyclic) bond motifs is 1. The molecule has 1 fully saturated rings. The van der Waals surface area contributed by atoms with E-state index in [4.69, 9.17) is 4.74 Å². The van der Waals surface area contributed by atoms with Gasteiger partial charge in [0.25, 0.3) is 0 Å². The minimum Gasteiger partial charge on any atom is -0.381 e. The molecule has 1 atom stereocenters. The molecule has 0 bridgehead atoms. The normalized spacial score (nSPS) is 17.5. The molecule has 4 rings (SSSR count). The average Bonchev–Trinajstić information content (AvgIpc) is 3.38.